The number of carbonyl (C=O) groups is 2. The molecule has 4 aliphatic rings. The second-order valence-corrected chi connectivity index (χ2v) is 11.3. The molecule has 0 aliphatic carbocycles. The molecular weight excluding hydrogens is 491 g/mol. The number of anilines is 1. The summed E-state index contributed by atoms with van der Waals surface area (Å²) in [7, 11) is -3.43. The second kappa shape index (κ2) is 7.93. The summed E-state index contributed by atoms with van der Waals surface area (Å²) in [6.07, 6.45) is 0.826. The number of likely N-dealkylation sites (tertiary alicyclic amines) is 1. The van der Waals surface area contributed by atoms with Crippen LogP contribution in [-0.4, -0.2) is 55.7 Å². The number of nitro benzene ring substituents is 1. The van der Waals surface area contributed by atoms with Crippen molar-refractivity contribution in [3.63, 3.8) is 0 Å². The van der Waals surface area contributed by atoms with Gasteiger partial charge in [0.1, 0.15) is 11.7 Å². The maximum absolute atomic E-state index is 13.8. The number of nitro groups is 1. The highest BCUT2D eigenvalue weighted by Gasteiger charge is 2.62. The lowest BCUT2D eigenvalue weighted by atomic mass is 9.73. The number of carbonyl (C=O) groups excluding carboxylic acids is 2. The molecule has 4 aliphatic heterocycles. The van der Waals surface area contributed by atoms with Gasteiger partial charge in [-0.15, -0.1) is 0 Å². The van der Waals surface area contributed by atoms with Crippen molar-refractivity contribution in [1.29, 1.82) is 0 Å². The standard InChI is InChI=1S/C24H21FN4O6S/c1-36(34)18-10-14(29(32)33)6-7-15(18)26-23(27-36)20-22(30)19-16-8-9-17(35-16)21(19)28(24(20)31)11-12-2-4-13(25)5-3-12/h2-7,10,16-17,19-21H,1,8-9,11H2,(H,26,27,34)/t16-,17+,19-,20?,21+,36?/m1/s1. The topological polar surface area (TPSA) is 131 Å². The first-order valence-electron chi connectivity index (χ1n) is 11.4. The quantitative estimate of drug-likeness (QED) is 0.288. The summed E-state index contributed by atoms with van der Waals surface area (Å²) < 4.78 is 37.0. The van der Waals surface area contributed by atoms with E-state index in [2.05, 4.69) is 15.6 Å². The van der Waals surface area contributed by atoms with Crippen LogP contribution in [0.4, 0.5) is 15.8 Å². The minimum absolute atomic E-state index is 0.0282. The molecule has 4 heterocycles. The number of fused-ring (bicyclic) bond motifs is 6. The van der Waals surface area contributed by atoms with Gasteiger partial charge in [-0.2, -0.15) is 4.40 Å². The molecule has 6 rings (SSSR count). The average molecular weight is 513 g/mol. The molecule has 0 radical (unpaired) electrons. The molecule has 2 bridgehead atoms. The third-order valence-electron chi connectivity index (χ3n) is 7.31. The van der Waals surface area contributed by atoms with Gasteiger partial charge < -0.3 is 15.0 Å². The number of hydrogen-bond donors (Lipinski definition) is 1. The Kier molecular flexibility index (Phi) is 5.02. The Hall–Kier alpha value is -3.64. The molecule has 0 saturated carbocycles. The van der Waals surface area contributed by atoms with Crippen molar-refractivity contribution in [2.45, 2.75) is 42.5 Å². The normalized spacial score (nSPS) is 32.5. The number of ketones is 1. The molecule has 0 aromatic heterocycles. The van der Waals surface area contributed by atoms with Crippen LogP contribution >= 0.6 is 0 Å². The Balaban J connectivity index is 1.40. The predicted molar refractivity (Wildman–Crippen MR) is 128 cm³/mol. The number of rotatable bonds is 4. The highest BCUT2D eigenvalue weighted by molar-refractivity contribution is 7.99. The zero-order valence-electron chi connectivity index (χ0n) is 18.8. The van der Waals surface area contributed by atoms with Gasteiger partial charge >= 0.3 is 0 Å². The van der Waals surface area contributed by atoms with Crippen LogP contribution in [0.5, 0.6) is 0 Å². The van der Waals surface area contributed by atoms with Crippen LogP contribution in [0, 0.1) is 27.8 Å². The van der Waals surface area contributed by atoms with Gasteiger partial charge in [0.25, 0.3) is 5.69 Å². The molecule has 2 aromatic carbocycles. The number of nitrogens with zero attached hydrogens (tertiary/aromatic N) is 3. The summed E-state index contributed by atoms with van der Waals surface area (Å²) in [5.41, 5.74) is 0.655. The maximum Gasteiger partial charge on any atom is 0.270 e. The molecule has 0 spiro atoms. The molecule has 12 heteroatoms. The zero-order chi connectivity index (χ0) is 25.4. The van der Waals surface area contributed by atoms with Crippen LogP contribution in [0.3, 0.4) is 0 Å². The van der Waals surface area contributed by atoms with Crippen molar-refractivity contribution in [2.75, 3.05) is 5.32 Å². The molecule has 1 amide bonds. The van der Waals surface area contributed by atoms with Crippen molar-refractivity contribution in [2.24, 2.45) is 16.2 Å². The summed E-state index contributed by atoms with van der Waals surface area (Å²) in [6, 6.07) is 9.06. The number of Topliss-reactive ketones (excluding diaryl/α,β-unsaturated/α-hetero) is 1. The van der Waals surface area contributed by atoms with E-state index in [0.29, 0.717) is 12.0 Å². The lowest BCUT2D eigenvalue weighted by Crippen LogP contribution is -2.62. The van der Waals surface area contributed by atoms with Gasteiger partial charge in [0.05, 0.1) is 49.4 Å². The van der Waals surface area contributed by atoms with Gasteiger partial charge in [-0.1, -0.05) is 12.1 Å². The number of amidine groups is 1. The highest BCUT2D eigenvalue weighted by Crippen LogP contribution is 2.47. The van der Waals surface area contributed by atoms with Crippen molar-refractivity contribution in [1.82, 2.24) is 4.90 Å². The van der Waals surface area contributed by atoms with Crippen molar-refractivity contribution >= 4 is 44.5 Å². The fraction of sp³-hybridized carbons (Fsp3) is 0.333. The number of nitrogens with one attached hydrogen (secondary N) is 1. The van der Waals surface area contributed by atoms with E-state index < -0.39 is 44.2 Å². The predicted octanol–water partition coefficient (Wildman–Crippen LogP) is 2.32. The Bertz CT molecular complexity index is 1460. The molecule has 3 fully saturated rings. The number of non-ortho nitro benzene ring substituents is 1. The number of halogens is 1. The van der Waals surface area contributed by atoms with Crippen LogP contribution in [0.1, 0.15) is 18.4 Å². The summed E-state index contributed by atoms with van der Waals surface area (Å²) in [5.74, 6) is 0.331. The molecule has 10 nitrogen and oxygen atoms in total. The molecule has 1 N–H and O–H groups in total. The summed E-state index contributed by atoms with van der Waals surface area (Å²) >= 11 is 0. The minimum Gasteiger partial charge on any atom is -0.372 e. The zero-order valence-corrected chi connectivity index (χ0v) is 19.7. The lowest BCUT2D eigenvalue weighted by Gasteiger charge is -2.44. The maximum atomic E-state index is 13.8. The highest BCUT2D eigenvalue weighted by atomic mass is 32.2. The Morgan fingerprint density at radius 3 is 2.64 bits per heavy atom. The van der Waals surface area contributed by atoms with E-state index >= 15 is 0 Å². The largest absolute Gasteiger partial charge is 0.372 e. The summed E-state index contributed by atoms with van der Waals surface area (Å²) in [5, 5.41) is 14.1. The van der Waals surface area contributed by atoms with Gasteiger partial charge in [0.15, 0.2) is 11.7 Å². The molecule has 2 unspecified atom stereocenters. The molecule has 36 heavy (non-hydrogen) atoms. The first kappa shape index (κ1) is 22.8. The van der Waals surface area contributed by atoms with Crippen LogP contribution in [0.2, 0.25) is 0 Å². The van der Waals surface area contributed by atoms with Crippen LogP contribution < -0.4 is 5.32 Å². The first-order valence-corrected chi connectivity index (χ1v) is 13.1. The number of ether oxygens (including phenoxy) is 1. The summed E-state index contributed by atoms with van der Waals surface area (Å²) in [4.78, 5) is 39.7. The first-order chi connectivity index (χ1) is 17.1. The molecule has 2 aromatic rings. The molecule has 3 saturated heterocycles. The number of benzene rings is 2. The third-order valence-corrected chi connectivity index (χ3v) is 8.82. The fourth-order valence-corrected chi connectivity index (χ4v) is 7.07. The molecule has 6 atom stereocenters. The minimum atomic E-state index is -3.43. The van der Waals surface area contributed by atoms with E-state index in [1.54, 1.807) is 17.0 Å². The van der Waals surface area contributed by atoms with Gasteiger partial charge in [0, 0.05) is 18.7 Å². The summed E-state index contributed by atoms with van der Waals surface area (Å²) in [6.45, 7) is 0.145. The van der Waals surface area contributed by atoms with Gasteiger partial charge in [-0.05, 0) is 42.5 Å². The third kappa shape index (κ3) is 3.43. The van der Waals surface area contributed by atoms with Gasteiger partial charge in [-0.3, -0.25) is 19.7 Å². The average Bonchev–Trinajstić information content (AvgIpc) is 3.45. The Labute approximate surface area is 205 Å². The van der Waals surface area contributed by atoms with Crippen molar-refractivity contribution in [3.8, 4) is 0 Å². The monoisotopic (exact) mass is 512 g/mol. The fourth-order valence-electron chi connectivity index (χ4n) is 5.74. The SMILES string of the molecule is C=S1(=O)N=C(C2C(=O)[C@H]3[C@H]([C@@H]4CC[C@H]3O4)N(Cc3ccc(F)cc3)C2=O)Nc2ccc([N+](=O)[O-])cc21. The smallest absolute Gasteiger partial charge is 0.270 e. The van der Waals surface area contributed by atoms with E-state index in [9.17, 15) is 28.3 Å². The number of piperidine rings is 1. The van der Waals surface area contributed by atoms with Gasteiger partial charge in [-0.25, -0.2) is 8.60 Å². The second-order valence-electron chi connectivity index (χ2n) is 9.41. The van der Waals surface area contributed by atoms with Crippen molar-refractivity contribution in [3.05, 3.63) is 64.0 Å². The van der Waals surface area contributed by atoms with E-state index in [1.165, 1.54) is 24.3 Å². The van der Waals surface area contributed by atoms with E-state index in [-0.39, 0.29) is 46.6 Å². The number of hydrogen-bond acceptors (Lipinski definition) is 7. The number of amides is 1. The van der Waals surface area contributed by atoms with Crippen LogP contribution in [-0.2, 0) is 30.6 Å². The van der Waals surface area contributed by atoms with E-state index in [4.69, 9.17) is 4.74 Å². The van der Waals surface area contributed by atoms with E-state index in [0.717, 1.165) is 12.5 Å². The Morgan fingerprint density at radius 2 is 1.92 bits per heavy atom. The van der Waals surface area contributed by atoms with E-state index in [1.807, 2.05) is 0 Å². The lowest BCUT2D eigenvalue weighted by molar-refractivity contribution is -0.385. The Morgan fingerprint density at radius 1 is 1.19 bits per heavy atom. The van der Waals surface area contributed by atoms with Crippen LogP contribution in [0.25, 0.3) is 0 Å². The van der Waals surface area contributed by atoms with Gasteiger partial charge in [0.2, 0.25) is 5.91 Å². The molecular formula is C24H21FN4O6S. The molecule has 186 valence electrons. The van der Waals surface area contributed by atoms with Crippen molar-refractivity contribution < 1.29 is 27.8 Å². The van der Waals surface area contributed by atoms with Crippen LogP contribution in [0.15, 0.2) is 51.8 Å².